The third-order valence-corrected chi connectivity index (χ3v) is 4.27. The van der Waals surface area contributed by atoms with Gasteiger partial charge in [-0.25, -0.2) is 4.39 Å². The van der Waals surface area contributed by atoms with E-state index >= 15 is 0 Å². The molecule has 1 N–H and O–H groups in total. The van der Waals surface area contributed by atoms with Crippen molar-refractivity contribution >= 4 is 0 Å². The van der Waals surface area contributed by atoms with Crippen LogP contribution in [-0.2, 0) is 11.2 Å². The Morgan fingerprint density at radius 2 is 2.12 bits per heavy atom. The molecule has 7 heteroatoms. The van der Waals surface area contributed by atoms with E-state index in [1.807, 2.05) is 13.1 Å². The first kappa shape index (κ1) is 17.0. The summed E-state index contributed by atoms with van der Waals surface area (Å²) in [5.74, 6) is 0.886. The predicted octanol–water partition coefficient (Wildman–Crippen LogP) is 1.78. The van der Waals surface area contributed by atoms with Crippen molar-refractivity contribution in [3.05, 3.63) is 47.4 Å². The van der Waals surface area contributed by atoms with E-state index in [9.17, 15) is 4.39 Å². The van der Waals surface area contributed by atoms with Crippen LogP contribution in [0.3, 0.4) is 0 Å². The Hall–Kier alpha value is -1.83. The topological polar surface area (TPSA) is 63.4 Å². The van der Waals surface area contributed by atoms with Gasteiger partial charge in [-0.15, -0.1) is 0 Å². The first-order valence-electron chi connectivity index (χ1n) is 8.24. The highest BCUT2D eigenvalue weighted by atomic mass is 19.1. The van der Waals surface area contributed by atoms with Crippen molar-refractivity contribution in [2.75, 3.05) is 33.4 Å². The van der Waals surface area contributed by atoms with Crippen LogP contribution in [0.1, 0.15) is 30.2 Å². The van der Waals surface area contributed by atoms with Gasteiger partial charge in [0.1, 0.15) is 11.9 Å². The monoisotopic (exact) mass is 334 g/mol. The smallest absolute Gasteiger partial charge is 0.248 e. The maximum Gasteiger partial charge on any atom is 0.248 e. The van der Waals surface area contributed by atoms with Gasteiger partial charge in [-0.3, -0.25) is 4.90 Å². The summed E-state index contributed by atoms with van der Waals surface area (Å²) in [5.41, 5.74) is 0.814. The van der Waals surface area contributed by atoms with Crippen LogP contribution in [0.2, 0.25) is 0 Å². The van der Waals surface area contributed by atoms with Crippen molar-refractivity contribution in [1.82, 2.24) is 20.4 Å². The zero-order valence-electron chi connectivity index (χ0n) is 14.0. The van der Waals surface area contributed by atoms with Gasteiger partial charge in [0, 0.05) is 25.6 Å². The molecule has 1 saturated heterocycles. The van der Waals surface area contributed by atoms with E-state index in [0.29, 0.717) is 31.3 Å². The molecular formula is C17H23FN4O2. The maximum absolute atomic E-state index is 13.7. The first-order valence-corrected chi connectivity index (χ1v) is 8.24. The Morgan fingerprint density at radius 1 is 1.33 bits per heavy atom. The lowest BCUT2D eigenvalue weighted by atomic mass is 10.0. The van der Waals surface area contributed by atoms with E-state index in [-0.39, 0.29) is 17.9 Å². The summed E-state index contributed by atoms with van der Waals surface area (Å²) >= 11 is 0. The normalized spacial score (nSPS) is 18.5. The third kappa shape index (κ3) is 3.98. The second-order valence-electron chi connectivity index (χ2n) is 6.05. The fourth-order valence-corrected chi connectivity index (χ4v) is 2.86. The number of hydrogen-bond acceptors (Lipinski definition) is 6. The quantitative estimate of drug-likeness (QED) is 0.869. The van der Waals surface area contributed by atoms with Gasteiger partial charge in [0.15, 0.2) is 5.82 Å². The Kier molecular flexibility index (Phi) is 5.55. The SMILES string of the molecule is CNC(C)Cc1noc(C(c2cccc(F)c2)N2CCOCC2)n1. The van der Waals surface area contributed by atoms with Crippen molar-refractivity contribution in [2.45, 2.75) is 25.4 Å². The van der Waals surface area contributed by atoms with Gasteiger partial charge in [-0.05, 0) is 31.7 Å². The zero-order chi connectivity index (χ0) is 16.9. The lowest BCUT2D eigenvalue weighted by molar-refractivity contribution is 0.0180. The summed E-state index contributed by atoms with van der Waals surface area (Å²) in [6.45, 7) is 4.83. The van der Waals surface area contributed by atoms with Gasteiger partial charge in [0.05, 0.1) is 13.2 Å². The highest BCUT2D eigenvalue weighted by Crippen LogP contribution is 2.28. The summed E-state index contributed by atoms with van der Waals surface area (Å²) in [7, 11) is 1.90. The molecule has 0 aliphatic carbocycles. The number of morpholine rings is 1. The highest BCUT2D eigenvalue weighted by molar-refractivity contribution is 5.25. The van der Waals surface area contributed by atoms with Crippen LogP contribution in [0.25, 0.3) is 0 Å². The molecule has 2 atom stereocenters. The average molecular weight is 334 g/mol. The van der Waals surface area contributed by atoms with Crippen molar-refractivity contribution in [3.8, 4) is 0 Å². The minimum absolute atomic E-state index is 0.254. The molecule has 6 nitrogen and oxygen atoms in total. The largest absolute Gasteiger partial charge is 0.379 e. The van der Waals surface area contributed by atoms with E-state index in [1.54, 1.807) is 6.07 Å². The second kappa shape index (κ2) is 7.83. The summed E-state index contributed by atoms with van der Waals surface area (Å²) in [5, 5.41) is 7.25. The molecule has 130 valence electrons. The van der Waals surface area contributed by atoms with E-state index in [4.69, 9.17) is 9.26 Å². The Morgan fingerprint density at radius 3 is 2.83 bits per heavy atom. The number of ether oxygens (including phenoxy) is 1. The number of nitrogens with one attached hydrogen (secondary N) is 1. The number of nitrogens with zero attached hydrogens (tertiary/aromatic N) is 3. The van der Waals surface area contributed by atoms with Crippen molar-refractivity contribution in [2.24, 2.45) is 0 Å². The number of aromatic nitrogens is 2. The highest BCUT2D eigenvalue weighted by Gasteiger charge is 2.29. The van der Waals surface area contributed by atoms with Gasteiger partial charge >= 0.3 is 0 Å². The number of likely N-dealkylation sites (N-methyl/N-ethyl adjacent to an activating group) is 1. The molecule has 0 bridgehead atoms. The number of rotatable bonds is 6. The number of benzene rings is 1. The lowest BCUT2D eigenvalue weighted by Gasteiger charge is -2.32. The van der Waals surface area contributed by atoms with E-state index < -0.39 is 0 Å². The van der Waals surface area contributed by atoms with E-state index in [0.717, 1.165) is 18.7 Å². The summed E-state index contributed by atoms with van der Waals surface area (Å²) < 4.78 is 24.7. The summed E-state index contributed by atoms with van der Waals surface area (Å²) in [6.07, 6.45) is 0.680. The summed E-state index contributed by atoms with van der Waals surface area (Å²) in [4.78, 5) is 6.75. The van der Waals surface area contributed by atoms with Crippen LogP contribution < -0.4 is 5.32 Å². The molecule has 0 radical (unpaired) electrons. The minimum Gasteiger partial charge on any atom is -0.379 e. The molecule has 2 aromatic rings. The van der Waals surface area contributed by atoms with Crippen LogP contribution in [-0.4, -0.2) is 54.4 Å². The number of halogens is 1. The molecule has 1 aliphatic heterocycles. The van der Waals surface area contributed by atoms with Gasteiger partial charge in [0.2, 0.25) is 5.89 Å². The fourth-order valence-electron chi connectivity index (χ4n) is 2.86. The third-order valence-electron chi connectivity index (χ3n) is 4.27. The first-order chi connectivity index (χ1) is 11.7. The molecule has 0 amide bonds. The Labute approximate surface area is 141 Å². The maximum atomic E-state index is 13.7. The molecule has 1 aliphatic rings. The minimum atomic E-state index is -0.269. The van der Waals surface area contributed by atoms with E-state index in [2.05, 4.69) is 27.3 Å². The van der Waals surface area contributed by atoms with Crippen molar-refractivity contribution in [3.63, 3.8) is 0 Å². The fraction of sp³-hybridized carbons (Fsp3) is 0.529. The molecule has 3 rings (SSSR count). The average Bonchev–Trinajstić information content (AvgIpc) is 3.04. The van der Waals surface area contributed by atoms with Gasteiger partial charge in [-0.2, -0.15) is 4.98 Å². The molecular weight excluding hydrogens is 311 g/mol. The Bertz CT molecular complexity index is 658. The second-order valence-corrected chi connectivity index (χ2v) is 6.05. The lowest BCUT2D eigenvalue weighted by Crippen LogP contribution is -2.39. The molecule has 24 heavy (non-hydrogen) atoms. The standard InChI is InChI=1S/C17H23FN4O2/c1-12(19-2)10-15-20-17(24-21-15)16(22-6-8-23-9-7-22)13-4-3-5-14(18)11-13/h3-5,11-12,16,19H,6-10H2,1-2H3. The van der Waals surface area contributed by atoms with Crippen LogP contribution in [0.5, 0.6) is 0 Å². The molecule has 0 saturated carbocycles. The van der Waals surface area contributed by atoms with Crippen LogP contribution in [0.15, 0.2) is 28.8 Å². The molecule has 1 aromatic heterocycles. The van der Waals surface area contributed by atoms with Gasteiger partial charge < -0.3 is 14.6 Å². The molecule has 2 unspecified atom stereocenters. The van der Waals surface area contributed by atoms with Crippen LogP contribution in [0, 0.1) is 5.82 Å². The molecule has 2 heterocycles. The molecule has 1 fully saturated rings. The number of hydrogen-bond donors (Lipinski definition) is 1. The van der Waals surface area contributed by atoms with Crippen LogP contribution >= 0.6 is 0 Å². The molecule has 1 aromatic carbocycles. The predicted molar refractivity (Wildman–Crippen MR) is 87.2 cm³/mol. The summed E-state index contributed by atoms with van der Waals surface area (Å²) in [6, 6.07) is 6.57. The zero-order valence-corrected chi connectivity index (χ0v) is 14.0. The van der Waals surface area contributed by atoms with Crippen molar-refractivity contribution in [1.29, 1.82) is 0 Å². The molecule has 0 spiro atoms. The van der Waals surface area contributed by atoms with E-state index in [1.165, 1.54) is 12.1 Å². The Balaban J connectivity index is 1.89. The van der Waals surface area contributed by atoms with Gasteiger partial charge in [0.25, 0.3) is 0 Å². The van der Waals surface area contributed by atoms with Crippen molar-refractivity contribution < 1.29 is 13.7 Å². The van der Waals surface area contributed by atoms with Crippen LogP contribution in [0.4, 0.5) is 4.39 Å². The van der Waals surface area contributed by atoms with Gasteiger partial charge in [-0.1, -0.05) is 17.3 Å².